The SMILES string of the molecule is CC.Cc1nc(C)c2c(n1)OCCC2. The average Bonchev–Trinajstić information content (AvgIpc) is 2.20. The third kappa shape index (κ3) is 2.22. The number of hydrogen-bond donors (Lipinski definition) is 0. The zero-order valence-electron chi connectivity index (χ0n) is 9.42. The Morgan fingerprint density at radius 3 is 2.57 bits per heavy atom. The van der Waals surface area contributed by atoms with Crippen LogP contribution in [0.5, 0.6) is 5.88 Å². The molecule has 0 saturated heterocycles. The zero-order valence-corrected chi connectivity index (χ0v) is 9.42. The molecule has 0 aromatic carbocycles. The van der Waals surface area contributed by atoms with Gasteiger partial charge in [-0.25, -0.2) is 4.98 Å². The first-order chi connectivity index (χ1) is 6.77. The van der Waals surface area contributed by atoms with Gasteiger partial charge in [0, 0.05) is 11.3 Å². The van der Waals surface area contributed by atoms with Crippen LogP contribution < -0.4 is 4.74 Å². The molecule has 3 nitrogen and oxygen atoms in total. The van der Waals surface area contributed by atoms with Crippen molar-refractivity contribution in [2.45, 2.75) is 40.5 Å². The fourth-order valence-electron chi connectivity index (χ4n) is 1.53. The molecule has 0 bridgehead atoms. The number of rotatable bonds is 0. The molecule has 0 radical (unpaired) electrons. The maximum atomic E-state index is 5.43. The van der Waals surface area contributed by atoms with Gasteiger partial charge in [0.05, 0.1) is 6.61 Å². The lowest BCUT2D eigenvalue weighted by molar-refractivity contribution is 0.273. The van der Waals surface area contributed by atoms with Crippen molar-refractivity contribution in [1.29, 1.82) is 0 Å². The van der Waals surface area contributed by atoms with Crippen LogP contribution in [-0.4, -0.2) is 16.6 Å². The molecule has 0 atom stereocenters. The van der Waals surface area contributed by atoms with Crippen molar-refractivity contribution in [2.75, 3.05) is 6.61 Å². The summed E-state index contributed by atoms with van der Waals surface area (Å²) in [6.45, 7) is 8.70. The van der Waals surface area contributed by atoms with E-state index in [2.05, 4.69) is 9.97 Å². The van der Waals surface area contributed by atoms with E-state index in [4.69, 9.17) is 4.74 Å². The molecule has 1 aromatic heterocycles. The number of aryl methyl sites for hydroxylation is 2. The lowest BCUT2D eigenvalue weighted by Crippen LogP contribution is -2.13. The zero-order chi connectivity index (χ0) is 10.6. The van der Waals surface area contributed by atoms with Gasteiger partial charge in [-0.2, -0.15) is 4.98 Å². The van der Waals surface area contributed by atoms with Gasteiger partial charge in [0.25, 0.3) is 0 Å². The van der Waals surface area contributed by atoms with Crippen LogP contribution in [-0.2, 0) is 6.42 Å². The van der Waals surface area contributed by atoms with Crippen LogP contribution in [0.15, 0.2) is 0 Å². The van der Waals surface area contributed by atoms with E-state index in [1.165, 1.54) is 5.56 Å². The lowest BCUT2D eigenvalue weighted by atomic mass is 10.1. The molecular formula is C11H18N2O. The van der Waals surface area contributed by atoms with Gasteiger partial charge in [-0.1, -0.05) is 13.8 Å². The van der Waals surface area contributed by atoms with Crippen LogP contribution in [0.25, 0.3) is 0 Å². The van der Waals surface area contributed by atoms with E-state index in [1.54, 1.807) is 0 Å². The van der Waals surface area contributed by atoms with Gasteiger partial charge in [0.1, 0.15) is 5.82 Å². The Kier molecular flexibility index (Phi) is 3.86. The maximum absolute atomic E-state index is 5.43. The molecule has 0 saturated carbocycles. The van der Waals surface area contributed by atoms with E-state index >= 15 is 0 Å². The topological polar surface area (TPSA) is 35.0 Å². The third-order valence-electron chi connectivity index (χ3n) is 2.10. The molecule has 3 heteroatoms. The number of hydrogen-bond acceptors (Lipinski definition) is 3. The predicted octanol–water partition coefficient (Wildman–Crippen LogP) is 2.44. The van der Waals surface area contributed by atoms with Crippen LogP contribution in [0.2, 0.25) is 0 Å². The summed E-state index contributed by atoms with van der Waals surface area (Å²) < 4.78 is 5.43. The predicted molar refractivity (Wildman–Crippen MR) is 56.7 cm³/mol. The minimum absolute atomic E-state index is 0.795. The van der Waals surface area contributed by atoms with Gasteiger partial charge >= 0.3 is 0 Å². The Morgan fingerprint density at radius 1 is 1.14 bits per heavy atom. The highest BCUT2D eigenvalue weighted by atomic mass is 16.5. The van der Waals surface area contributed by atoms with Crippen LogP contribution in [0.3, 0.4) is 0 Å². The number of aromatic nitrogens is 2. The molecule has 0 spiro atoms. The normalized spacial score (nSPS) is 13.4. The second-order valence-electron chi connectivity index (χ2n) is 3.09. The van der Waals surface area contributed by atoms with Gasteiger partial charge < -0.3 is 4.74 Å². The van der Waals surface area contributed by atoms with Crippen molar-refractivity contribution >= 4 is 0 Å². The first-order valence-corrected chi connectivity index (χ1v) is 5.24. The molecule has 0 fully saturated rings. The summed E-state index contributed by atoms with van der Waals surface area (Å²) >= 11 is 0. The van der Waals surface area contributed by atoms with Gasteiger partial charge in [-0.15, -0.1) is 0 Å². The Hall–Kier alpha value is -1.12. The van der Waals surface area contributed by atoms with Gasteiger partial charge in [-0.3, -0.25) is 0 Å². The molecule has 1 aliphatic rings. The lowest BCUT2D eigenvalue weighted by Gasteiger charge is -2.17. The van der Waals surface area contributed by atoms with E-state index in [-0.39, 0.29) is 0 Å². The summed E-state index contributed by atoms with van der Waals surface area (Å²) in [6.07, 6.45) is 2.14. The highest BCUT2D eigenvalue weighted by Gasteiger charge is 2.14. The molecule has 1 aromatic rings. The molecule has 14 heavy (non-hydrogen) atoms. The average molecular weight is 194 g/mol. The molecule has 0 amide bonds. The van der Waals surface area contributed by atoms with E-state index in [9.17, 15) is 0 Å². The molecule has 78 valence electrons. The first kappa shape index (κ1) is 11.0. The Morgan fingerprint density at radius 2 is 1.86 bits per heavy atom. The largest absolute Gasteiger partial charge is 0.477 e. The number of fused-ring (bicyclic) bond motifs is 1. The van der Waals surface area contributed by atoms with E-state index in [0.29, 0.717) is 0 Å². The summed E-state index contributed by atoms with van der Waals surface area (Å²) in [5.74, 6) is 1.60. The van der Waals surface area contributed by atoms with Gasteiger partial charge in [0.15, 0.2) is 0 Å². The van der Waals surface area contributed by atoms with Gasteiger partial charge in [-0.05, 0) is 26.7 Å². The highest BCUT2D eigenvalue weighted by molar-refractivity contribution is 5.31. The third-order valence-corrected chi connectivity index (χ3v) is 2.10. The fraction of sp³-hybridized carbons (Fsp3) is 0.636. The summed E-state index contributed by atoms with van der Waals surface area (Å²) in [6, 6.07) is 0. The van der Waals surface area contributed by atoms with Crippen molar-refractivity contribution in [1.82, 2.24) is 9.97 Å². The van der Waals surface area contributed by atoms with Crippen molar-refractivity contribution in [3.8, 4) is 5.88 Å². The molecule has 2 heterocycles. The smallest absolute Gasteiger partial charge is 0.220 e. The van der Waals surface area contributed by atoms with Crippen LogP contribution >= 0.6 is 0 Å². The minimum atomic E-state index is 0.795. The standard InChI is InChI=1S/C9H12N2O.C2H6/c1-6-8-4-3-5-12-9(8)11-7(2)10-6;1-2/h3-5H2,1-2H3;1-2H3. The van der Waals surface area contributed by atoms with E-state index < -0.39 is 0 Å². The molecule has 0 unspecified atom stereocenters. The Bertz CT molecular complexity index is 310. The second-order valence-corrected chi connectivity index (χ2v) is 3.09. The van der Waals surface area contributed by atoms with E-state index in [0.717, 1.165) is 36.8 Å². The quantitative estimate of drug-likeness (QED) is 0.636. The maximum Gasteiger partial charge on any atom is 0.220 e. The monoisotopic (exact) mass is 194 g/mol. The van der Waals surface area contributed by atoms with E-state index in [1.807, 2.05) is 27.7 Å². The number of nitrogens with zero attached hydrogens (tertiary/aromatic N) is 2. The Labute approximate surface area is 85.5 Å². The van der Waals surface area contributed by atoms with Gasteiger partial charge in [0.2, 0.25) is 5.88 Å². The Balaban J connectivity index is 0.000000461. The first-order valence-electron chi connectivity index (χ1n) is 5.24. The summed E-state index contributed by atoms with van der Waals surface area (Å²) in [5, 5.41) is 0. The van der Waals surface area contributed by atoms with Crippen molar-refractivity contribution in [3.05, 3.63) is 17.1 Å². The summed E-state index contributed by atoms with van der Waals surface area (Å²) in [5.41, 5.74) is 2.25. The van der Waals surface area contributed by atoms with Crippen LogP contribution in [0.1, 0.15) is 37.4 Å². The van der Waals surface area contributed by atoms with Crippen LogP contribution in [0.4, 0.5) is 0 Å². The van der Waals surface area contributed by atoms with Crippen molar-refractivity contribution in [3.63, 3.8) is 0 Å². The molecular weight excluding hydrogens is 176 g/mol. The van der Waals surface area contributed by atoms with Crippen molar-refractivity contribution in [2.24, 2.45) is 0 Å². The molecule has 0 aliphatic carbocycles. The minimum Gasteiger partial charge on any atom is -0.477 e. The number of ether oxygens (including phenoxy) is 1. The summed E-state index contributed by atoms with van der Waals surface area (Å²) in [7, 11) is 0. The molecule has 1 aliphatic heterocycles. The molecule has 2 rings (SSSR count). The van der Waals surface area contributed by atoms with Crippen LogP contribution in [0, 0.1) is 13.8 Å². The molecule has 0 N–H and O–H groups in total. The highest BCUT2D eigenvalue weighted by Crippen LogP contribution is 2.23. The van der Waals surface area contributed by atoms with Crippen molar-refractivity contribution < 1.29 is 4.74 Å². The second kappa shape index (κ2) is 4.94. The fourth-order valence-corrected chi connectivity index (χ4v) is 1.53. The summed E-state index contributed by atoms with van der Waals surface area (Å²) in [4.78, 5) is 8.54.